The highest BCUT2D eigenvalue weighted by Crippen LogP contribution is 2.26. The first-order valence-corrected chi connectivity index (χ1v) is 11.8. The van der Waals surface area contributed by atoms with Gasteiger partial charge in [0.15, 0.2) is 11.6 Å². The van der Waals surface area contributed by atoms with Crippen LogP contribution < -0.4 is 10.2 Å². The van der Waals surface area contributed by atoms with Crippen molar-refractivity contribution in [2.24, 2.45) is 0 Å². The maximum Gasteiger partial charge on any atom is 0.414 e. The normalized spacial score (nSPS) is 15.4. The van der Waals surface area contributed by atoms with E-state index in [1.165, 1.54) is 33.1 Å². The number of nitrogens with zero attached hydrogens (tertiary/aromatic N) is 4. The number of para-hydroxylation sites is 1. The van der Waals surface area contributed by atoms with Crippen LogP contribution in [-0.2, 0) is 9.53 Å². The minimum absolute atomic E-state index is 0.0464. The molecule has 1 aliphatic heterocycles. The number of ketones is 1. The monoisotopic (exact) mass is 493 g/mol. The lowest BCUT2D eigenvalue weighted by Gasteiger charge is -2.14. The lowest BCUT2D eigenvalue weighted by molar-refractivity contribution is -0.121. The highest BCUT2D eigenvalue weighted by Gasteiger charge is 2.33. The second-order valence-corrected chi connectivity index (χ2v) is 8.89. The summed E-state index contributed by atoms with van der Waals surface area (Å²) in [6.45, 7) is 0.248. The summed E-state index contributed by atoms with van der Waals surface area (Å²) in [5.41, 5.74) is 1.83. The third-order valence-electron chi connectivity index (χ3n) is 5.60. The molecule has 9 nitrogen and oxygen atoms in total. The molecule has 4 aromatic rings. The van der Waals surface area contributed by atoms with Crippen LogP contribution in [-0.4, -0.2) is 52.0 Å². The molecule has 3 heterocycles. The van der Waals surface area contributed by atoms with Crippen molar-refractivity contribution in [1.82, 2.24) is 20.3 Å². The van der Waals surface area contributed by atoms with E-state index in [0.29, 0.717) is 21.6 Å². The summed E-state index contributed by atoms with van der Waals surface area (Å²) in [7, 11) is 0. The predicted molar refractivity (Wildman–Crippen MR) is 127 cm³/mol. The first-order valence-electron chi connectivity index (χ1n) is 10.9. The zero-order valence-corrected chi connectivity index (χ0v) is 19.2. The maximum atomic E-state index is 15.0. The molecule has 0 saturated carbocycles. The van der Waals surface area contributed by atoms with Gasteiger partial charge in [-0.05, 0) is 41.8 Å². The van der Waals surface area contributed by atoms with E-state index >= 15 is 0 Å². The van der Waals surface area contributed by atoms with E-state index in [4.69, 9.17) is 4.74 Å². The number of amides is 2. The van der Waals surface area contributed by atoms with Gasteiger partial charge in [0.25, 0.3) is 0 Å². The van der Waals surface area contributed by atoms with Crippen molar-refractivity contribution in [1.29, 1.82) is 0 Å². The number of fused-ring (bicyclic) bond motifs is 1. The molecule has 0 radical (unpaired) electrons. The Morgan fingerprint density at radius 2 is 2.00 bits per heavy atom. The Morgan fingerprint density at radius 1 is 1.14 bits per heavy atom. The van der Waals surface area contributed by atoms with Gasteiger partial charge in [-0.2, -0.15) is 0 Å². The van der Waals surface area contributed by atoms with Crippen LogP contribution in [0.1, 0.15) is 22.5 Å². The van der Waals surface area contributed by atoms with Crippen molar-refractivity contribution >= 4 is 45.8 Å². The van der Waals surface area contributed by atoms with E-state index in [-0.39, 0.29) is 43.3 Å². The Morgan fingerprint density at radius 3 is 2.80 bits per heavy atom. The number of carbonyl (C=O) groups excluding carboxylic acids is 3. The van der Waals surface area contributed by atoms with Crippen LogP contribution in [0.3, 0.4) is 0 Å². The van der Waals surface area contributed by atoms with Gasteiger partial charge >= 0.3 is 6.09 Å². The van der Waals surface area contributed by atoms with Crippen molar-refractivity contribution in [3.05, 3.63) is 70.7 Å². The maximum absolute atomic E-state index is 15.0. The molecule has 1 saturated heterocycles. The van der Waals surface area contributed by atoms with Gasteiger partial charge in [-0.3, -0.25) is 14.5 Å². The van der Waals surface area contributed by atoms with Gasteiger partial charge < -0.3 is 10.1 Å². The summed E-state index contributed by atoms with van der Waals surface area (Å²) >= 11 is 1.34. The molecule has 11 heteroatoms. The number of cyclic esters (lactones) is 1. The summed E-state index contributed by atoms with van der Waals surface area (Å²) in [6, 6.07) is 15.1. The fraction of sp³-hybridized carbons (Fsp3) is 0.208. The number of anilines is 1. The van der Waals surface area contributed by atoms with Crippen LogP contribution in [0.5, 0.6) is 0 Å². The molecule has 5 rings (SSSR count). The third kappa shape index (κ3) is 4.76. The second-order valence-electron chi connectivity index (χ2n) is 7.95. The topological polar surface area (TPSA) is 106 Å². The summed E-state index contributed by atoms with van der Waals surface area (Å²) in [5, 5.41) is 12.6. The summed E-state index contributed by atoms with van der Waals surface area (Å²) in [6.07, 6.45) is -1.07. The lowest BCUT2D eigenvalue weighted by atomic mass is 10.2. The average Bonchev–Trinajstić information content (AvgIpc) is 3.61. The summed E-state index contributed by atoms with van der Waals surface area (Å²) in [4.78, 5) is 38.4. The van der Waals surface area contributed by atoms with Crippen LogP contribution in [0.4, 0.5) is 14.9 Å². The standard InChI is InChI=1S/C24H20FN5O4S/c25-17-12-15(7-8-19(17)30-20-5-2-1-4-18(20)27-28-30)29-14-16(34-24(29)33)13-26-23(32)10-9-21(31)22-6-3-11-35-22/h1-8,11-12,16H,9-10,13-14H2,(H,26,32). The molecule has 1 unspecified atom stereocenters. The van der Waals surface area contributed by atoms with Gasteiger partial charge in [-0.1, -0.05) is 23.4 Å². The zero-order valence-electron chi connectivity index (χ0n) is 18.4. The highest BCUT2D eigenvalue weighted by atomic mass is 32.1. The molecule has 0 bridgehead atoms. The summed E-state index contributed by atoms with van der Waals surface area (Å²) in [5.74, 6) is -0.962. The molecule has 1 aliphatic rings. The van der Waals surface area contributed by atoms with Crippen molar-refractivity contribution < 1.29 is 23.5 Å². The van der Waals surface area contributed by atoms with Gasteiger partial charge in [-0.25, -0.2) is 13.9 Å². The summed E-state index contributed by atoms with van der Waals surface area (Å²) < 4.78 is 21.7. The van der Waals surface area contributed by atoms with Crippen LogP contribution in [0.15, 0.2) is 60.0 Å². The van der Waals surface area contributed by atoms with Gasteiger partial charge in [0.2, 0.25) is 5.91 Å². The molecule has 1 fully saturated rings. The van der Waals surface area contributed by atoms with E-state index in [1.807, 2.05) is 17.5 Å². The Balaban J connectivity index is 1.18. The molecule has 1 atom stereocenters. The number of hydrogen-bond donors (Lipinski definition) is 1. The molecule has 1 N–H and O–H groups in total. The smallest absolute Gasteiger partial charge is 0.414 e. The molecule has 0 aliphatic carbocycles. The molecular formula is C24H20FN5O4S. The van der Waals surface area contributed by atoms with E-state index < -0.39 is 18.0 Å². The van der Waals surface area contributed by atoms with Crippen molar-refractivity contribution in [3.63, 3.8) is 0 Å². The van der Waals surface area contributed by atoms with E-state index in [2.05, 4.69) is 15.6 Å². The Hall–Kier alpha value is -4.12. The number of rotatable bonds is 8. The predicted octanol–water partition coefficient (Wildman–Crippen LogP) is 3.73. The Labute approximate surface area is 203 Å². The number of hydrogen-bond acceptors (Lipinski definition) is 7. The van der Waals surface area contributed by atoms with E-state index in [0.717, 1.165) is 0 Å². The van der Waals surface area contributed by atoms with Crippen molar-refractivity contribution in [2.45, 2.75) is 18.9 Å². The average molecular weight is 494 g/mol. The number of thiophene rings is 1. The minimum atomic E-state index is -0.629. The molecule has 2 amide bonds. The van der Waals surface area contributed by atoms with Gasteiger partial charge in [0.1, 0.15) is 17.3 Å². The number of Topliss-reactive ketones (excluding diaryl/α,β-unsaturated/α-hetero) is 1. The molecule has 35 heavy (non-hydrogen) atoms. The van der Waals surface area contributed by atoms with Crippen LogP contribution >= 0.6 is 11.3 Å². The van der Waals surface area contributed by atoms with Crippen LogP contribution in [0.25, 0.3) is 16.7 Å². The fourth-order valence-corrected chi connectivity index (χ4v) is 4.52. The van der Waals surface area contributed by atoms with Gasteiger partial charge in [-0.15, -0.1) is 16.4 Å². The molecule has 2 aromatic carbocycles. The fourth-order valence-electron chi connectivity index (χ4n) is 3.82. The van der Waals surface area contributed by atoms with Crippen LogP contribution in [0, 0.1) is 5.82 Å². The van der Waals surface area contributed by atoms with Gasteiger partial charge in [0, 0.05) is 12.8 Å². The molecule has 0 spiro atoms. The van der Waals surface area contributed by atoms with Crippen molar-refractivity contribution in [2.75, 3.05) is 18.0 Å². The number of ether oxygens (including phenoxy) is 1. The number of benzene rings is 2. The zero-order chi connectivity index (χ0) is 24.4. The Kier molecular flexibility index (Phi) is 6.23. The number of halogens is 1. The van der Waals surface area contributed by atoms with E-state index in [1.54, 1.807) is 30.3 Å². The molecular weight excluding hydrogens is 473 g/mol. The SMILES string of the molecule is O=C(CCC(=O)c1cccs1)NCC1CN(c2ccc(-n3nnc4ccccc43)c(F)c2)C(=O)O1. The lowest BCUT2D eigenvalue weighted by Crippen LogP contribution is -2.34. The third-order valence-corrected chi connectivity index (χ3v) is 6.51. The number of aromatic nitrogens is 3. The number of nitrogens with one attached hydrogen (secondary N) is 1. The quantitative estimate of drug-likeness (QED) is 0.375. The van der Waals surface area contributed by atoms with E-state index in [9.17, 15) is 18.8 Å². The first-order chi connectivity index (χ1) is 17.0. The molecule has 2 aromatic heterocycles. The van der Waals surface area contributed by atoms with Crippen molar-refractivity contribution in [3.8, 4) is 5.69 Å². The number of carbonyl (C=O) groups is 3. The second kappa shape index (κ2) is 9.63. The largest absolute Gasteiger partial charge is 0.442 e. The Bertz CT molecular complexity index is 1400. The van der Waals surface area contributed by atoms with Crippen LogP contribution in [0.2, 0.25) is 0 Å². The highest BCUT2D eigenvalue weighted by molar-refractivity contribution is 7.12. The van der Waals surface area contributed by atoms with Gasteiger partial charge in [0.05, 0.1) is 29.2 Å². The minimum Gasteiger partial charge on any atom is -0.442 e. The molecule has 178 valence electrons. The first kappa shape index (κ1) is 22.7.